The number of nitrogens with zero attached hydrogens (tertiary/aromatic N) is 2. The number of para-hydroxylation sites is 3. The van der Waals surface area contributed by atoms with Crippen LogP contribution in [0, 0.1) is 0 Å². The van der Waals surface area contributed by atoms with Crippen molar-refractivity contribution in [3.8, 4) is 50.2 Å². The molecule has 1 aromatic heterocycles. The van der Waals surface area contributed by atoms with Crippen LogP contribution in [0.1, 0.15) is 0 Å². The first-order chi connectivity index (χ1) is 33.7. The Morgan fingerprint density at radius 3 is 1.44 bits per heavy atom. The van der Waals surface area contributed by atoms with Gasteiger partial charge in [0.2, 0.25) is 0 Å². The average molecular weight is 865 g/mol. The molecule has 0 unspecified atom stereocenters. The molecule has 0 aliphatic heterocycles. The van der Waals surface area contributed by atoms with Crippen molar-refractivity contribution in [1.82, 2.24) is 4.57 Å². The lowest BCUT2D eigenvalue weighted by Crippen LogP contribution is -2.11. The molecule has 0 saturated carbocycles. The molecule has 0 N–H and O–H groups in total. The van der Waals surface area contributed by atoms with E-state index in [0.29, 0.717) is 0 Å². The molecule has 2 heteroatoms. The quantitative estimate of drug-likeness (QED) is 0.138. The van der Waals surface area contributed by atoms with Crippen molar-refractivity contribution in [1.29, 1.82) is 0 Å². The number of rotatable bonds is 8. The van der Waals surface area contributed by atoms with Gasteiger partial charge in [0.1, 0.15) is 0 Å². The first kappa shape index (κ1) is 39.4. The number of hydrogen-bond acceptors (Lipinski definition) is 1. The van der Waals surface area contributed by atoms with Crippen molar-refractivity contribution >= 4 is 71.2 Å². The van der Waals surface area contributed by atoms with Crippen molar-refractivity contribution < 1.29 is 0 Å². The van der Waals surface area contributed by atoms with Crippen molar-refractivity contribution in [2.75, 3.05) is 4.90 Å². The van der Waals surface area contributed by atoms with E-state index in [1.54, 1.807) is 0 Å². The Kier molecular flexibility index (Phi) is 9.54. The molecule has 2 nitrogen and oxygen atoms in total. The van der Waals surface area contributed by atoms with E-state index in [0.717, 1.165) is 33.9 Å². The summed E-state index contributed by atoms with van der Waals surface area (Å²) >= 11 is 0. The van der Waals surface area contributed by atoms with Gasteiger partial charge in [0.15, 0.2) is 0 Å². The van der Waals surface area contributed by atoms with E-state index in [9.17, 15) is 0 Å². The van der Waals surface area contributed by atoms with Crippen LogP contribution in [-0.2, 0) is 0 Å². The Morgan fingerprint density at radius 2 is 0.735 bits per heavy atom. The Balaban J connectivity index is 1.02. The molecule has 0 aliphatic rings. The third kappa shape index (κ3) is 6.65. The number of benzene rings is 12. The van der Waals surface area contributed by atoms with E-state index in [1.165, 1.54) is 87.5 Å². The summed E-state index contributed by atoms with van der Waals surface area (Å²) in [6.45, 7) is 0. The van der Waals surface area contributed by atoms with Gasteiger partial charge in [-0.2, -0.15) is 0 Å². The van der Waals surface area contributed by atoms with Gasteiger partial charge in [-0.15, -0.1) is 0 Å². The summed E-state index contributed by atoms with van der Waals surface area (Å²) in [4.78, 5) is 2.43. The lowest BCUT2D eigenvalue weighted by atomic mass is 9.92. The van der Waals surface area contributed by atoms with Gasteiger partial charge in [-0.05, 0) is 115 Å². The maximum absolute atomic E-state index is 2.51. The molecule has 13 aromatic rings. The summed E-state index contributed by atoms with van der Waals surface area (Å²) in [7, 11) is 0. The summed E-state index contributed by atoms with van der Waals surface area (Å²) in [5.41, 5.74) is 16.2. The summed E-state index contributed by atoms with van der Waals surface area (Å²) < 4.78 is 2.51. The minimum absolute atomic E-state index is 1.07. The zero-order valence-corrected chi connectivity index (χ0v) is 37.3. The standard InChI is InChI=1S/C66H44N2/c1-3-18-45(19-4-1)46-34-38-52(39-35-46)67(63-32-15-13-28-59(63)61-43-51-24-9-10-25-54(51)57-26-11-12-27-58(57)61)53-40-36-48(37-41-53)56-31-17-30-55(47-20-5-2-6-21-47)66(56)68-64-33-16-14-29-60(64)62-42-49-22-7-8-23-50(49)44-65(62)68/h1-44H. The Hall–Kier alpha value is -8.98. The summed E-state index contributed by atoms with van der Waals surface area (Å²) in [6, 6.07) is 97.6. The minimum Gasteiger partial charge on any atom is -0.310 e. The third-order valence-corrected chi connectivity index (χ3v) is 13.8. The second kappa shape index (κ2) is 16.5. The molecule has 0 amide bonds. The van der Waals surface area contributed by atoms with Crippen LogP contribution in [0.5, 0.6) is 0 Å². The highest BCUT2D eigenvalue weighted by molar-refractivity contribution is 6.16. The van der Waals surface area contributed by atoms with Crippen LogP contribution >= 0.6 is 0 Å². The van der Waals surface area contributed by atoms with Gasteiger partial charge < -0.3 is 9.47 Å². The van der Waals surface area contributed by atoms with Crippen LogP contribution in [0.2, 0.25) is 0 Å². The van der Waals surface area contributed by atoms with Crippen molar-refractivity contribution in [2.24, 2.45) is 0 Å². The predicted octanol–water partition coefficient (Wildman–Crippen LogP) is 18.4. The molecule has 0 spiro atoms. The zero-order chi connectivity index (χ0) is 45.0. The van der Waals surface area contributed by atoms with Crippen molar-refractivity contribution in [3.63, 3.8) is 0 Å². The fraction of sp³-hybridized carbons (Fsp3) is 0. The van der Waals surface area contributed by atoms with E-state index in [2.05, 4.69) is 276 Å². The highest BCUT2D eigenvalue weighted by Crippen LogP contribution is 2.47. The number of anilines is 3. The molecule has 0 fully saturated rings. The molecule has 68 heavy (non-hydrogen) atoms. The molecule has 0 saturated heterocycles. The number of aromatic nitrogens is 1. The molecule has 12 aromatic carbocycles. The predicted molar refractivity (Wildman–Crippen MR) is 290 cm³/mol. The van der Waals surface area contributed by atoms with Gasteiger partial charge in [0.25, 0.3) is 0 Å². The normalized spacial score (nSPS) is 11.5. The van der Waals surface area contributed by atoms with Crippen molar-refractivity contribution in [2.45, 2.75) is 0 Å². The van der Waals surface area contributed by atoms with E-state index >= 15 is 0 Å². The van der Waals surface area contributed by atoms with Crippen LogP contribution in [0.25, 0.3) is 104 Å². The van der Waals surface area contributed by atoms with Crippen LogP contribution in [0.4, 0.5) is 17.1 Å². The van der Waals surface area contributed by atoms with Gasteiger partial charge in [-0.1, -0.05) is 212 Å². The Morgan fingerprint density at radius 1 is 0.250 bits per heavy atom. The fourth-order valence-electron chi connectivity index (χ4n) is 10.6. The SMILES string of the molecule is c1ccc(-c2ccc(N(c3ccc(-c4cccc(-c5ccccc5)c4-n4c5ccccc5c5cc6ccccc6cc54)cc3)c3ccccc3-c3cc4ccccc4c4ccccc34)cc2)cc1. The number of fused-ring (bicyclic) bond motifs is 7. The average Bonchev–Trinajstić information content (AvgIpc) is 3.73. The second-order valence-corrected chi connectivity index (χ2v) is 17.6. The fourth-order valence-corrected chi connectivity index (χ4v) is 10.6. The van der Waals surface area contributed by atoms with E-state index < -0.39 is 0 Å². The van der Waals surface area contributed by atoms with Gasteiger partial charge in [0, 0.05) is 38.8 Å². The maximum atomic E-state index is 2.51. The van der Waals surface area contributed by atoms with Crippen LogP contribution in [0.15, 0.2) is 267 Å². The summed E-state index contributed by atoms with van der Waals surface area (Å²) in [5, 5.41) is 9.92. The van der Waals surface area contributed by atoms with Crippen molar-refractivity contribution in [3.05, 3.63) is 267 Å². The molecule has 0 bridgehead atoms. The molecule has 0 aliphatic carbocycles. The van der Waals surface area contributed by atoms with E-state index in [1.807, 2.05) is 0 Å². The number of hydrogen-bond donors (Lipinski definition) is 0. The maximum Gasteiger partial charge on any atom is 0.0618 e. The molecule has 0 radical (unpaired) electrons. The van der Waals surface area contributed by atoms with Gasteiger partial charge >= 0.3 is 0 Å². The minimum atomic E-state index is 1.07. The topological polar surface area (TPSA) is 8.17 Å². The monoisotopic (exact) mass is 864 g/mol. The zero-order valence-electron chi connectivity index (χ0n) is 37.3. The van der Waals surface area contributed by atoms with Crippen LogP contribution in [-0.4, -0.2) is 4.57 Å². The molecule has 0 atom stereocenters. The second-order valence-electron chi connectivity index (χ2n) is 17.6. The Labute approximate surface area is 395 Å². The van der Waals surface area contributed by atoms with Gasteiger partial charge in [-0.25, -0.2) is 0 Å². The Bertz CT molecular complexity index is 4000. The lowest BCUT2D eigenvalue weighted by Gasteiger charge is -2.29. The van der Waals surface area contributed by atoms with E-state index in [4.69, 9.17) is 0 Å². The van der Waals surface area contributed by atoms with Gasteiger partial charge in [0.05, 0.1) is 22.4 Å². The highest BCUT2D eigenvalue weighted by Gasteiger charge is 2.23. The summed E-state index contributed by atoms with van der Waals surface area (Å²) in [5.74, 6) is 0. The van der Waals surface area contributed by atoms with Crippen LogP contribution in [0.3, 0.4) is 0 Å². The summed E-state index contributed by atoms with van der Waals surface area (Å²) in [6.07, 6.45) is 0. The van der Waals surface area contributed by atoms with Crippen LogP contribution < -0.4 is 4.90 Å². The first-order valence-electron chi connectivity index (χ1n) is 23.4. The molecular formula is C66H44N2. The molecule has 13 rings (SSSR count). The lowest BCUT2D eigenvalue weighted by molar-refractivity contribution is 1.18. The first-order valence-corrected chi connectivity index (χ1v) is 23.4. The largest absolute Gasteiger partial charge is 0.310 e. The third-order valence-electron chi connectivity index (χ3n) is 13.8. The highest BCUT2D eigenvalue weighted by atomic mass is 15.1. The molecular weight excluding hydrogens is 821 g/mol. The molecule has 318 valence electrons. The molecule has 1 heterocycles. The van der Waals surface area contributed by atoms with E-state index in [-0.39, 0.29) is 0 Å². The smallest absolute Gasteiger partial charge is 0.0618 e. The van der Waals surface area contributed by atoms with Gasteiger partial charge in [-0.3, -0.25) is 0 Å².